The first-order chi connectivity index (χ1) is 13.2. The summed E-state index contributed by atoms with van der Waals surface area (Å²) in [6.07, 6.45) is 8.31. The third kappa shape index (κ3) is 3.57. The minimum Gasteiger partial charge on any atom is -0.342 e. The summed E-state index contributed by atoms with van der Waals surface area (Å²) in [5.74, 6) is 0.272. The topological polar surface area (TPSA) is 116 Å². The van der Waals surface area contributed by atoms with Gasteiger partial charge in [0.2, 0.25) is 0 Å². The van der Waals surface area contributed by atoms with Gasteiger partial charge in [-0.05, 0) is 31.4 Å². The molecule has 0 aliphatic carbocycles. The van der Waals surface area contributed by atoms with Crippen molar-refractivity contribution in [3.8, 4) is 11.4 Å². The summed E-state index contributed by atoms with van der Waals surface area (Å²) in [6.45, 7) is 0.578. The molecule has 3 aromatic heterocycles. The molecule has 1 N–H and O–H groups in total. The fraction of sp³-hybridized carbons (Fsp3) is 0.278. The first-order valence-electron chi connectivity index (χ1n) is 8.68. The van der Waals surface area contributed by atoms with Crippen LogP contribution in [-0.4, -0.2) is 35.6 Å². The van der Waals surface area contributed by atoms with E-state index < -0.39 is 0 Å². The molecule has 0 saturated carbocycles. The summed E-state index contributed by atoms with van der Waals surface area (Å²) >= 11 is 0. The van der Waals surface area contributed by atoms with Gasteiger partial charge < -0.3 is 5.32 Å². The Bertz CT molecular complexity index is 1010. The van der Waals surface area contributed by atoms with Crippen molar-refractivity contribution in [2.24, 2.45) is 0 Å². The second kappa shape index (κ2) is 7.40. The Labute approximate surface area is 154 Å². The van der Waals surface area contributed by atoms with Crippen molar-refractivity contribution in [3.05, 3.63) is 64.9 Å². The molecule has 4 rings (SSSR count). The molecule has 0 fully saturated rings. The molecule has 0 spiro atoms. The van der Waals surface area contributed by atoms with Crippen molar-refractivity contribution in [2.45, 2.75) is 31.8 Å². The second-order valence-corrected chi connectivity index (χ2v) is 6.24. The smallest absolute Gasteiger partial charge is 0.254 e. The van der Waals surface area contributed by atoms with Crippen LogP contribution >= 0.6 is 0 Å². The monoisotopic (exact) mass is 363 g/mol. The third-order valence-corrected chi connectivity index (χ3v) is 4.47. The van der Waals surface area contributed by atoms with Crippen LogP contribution in [0.5, 0.6) is 0 Å². The van der Waals surface area contributed by atoms with E-state index in [0.29, 0.717) is 35.7 Å². The number of rotatable bonds is 3. The Kier molecular flexibility index (Phi) is 4.65. The maximum atomic E-state index is 12.7. The SMILES string of the molecule is O=C(NC1CCCCn2c1nc(-c1ccncn1)cc2=O)c1ccnnc1. The fourth-order valence-corrected chi connectivity index (χ4v) is 3.14. The number of aromatic nitrogens is 6. The second-order valence-electron chi connectivity index (χ2n) is 6.24. The third-order valence-electron chi connectivity index (χ3n) is 4.47. The molecule has 27 heavy (non-hydrogen) atoms. The van der Waals surface area contributed by atoms with Gasteiger partial charge >= 0.3 is 0 Å². The summed E-state index contributed by atoms with van der Waals surface area (Å²) in [4.78, 5) is 37.9. The molecule has 0 radical (unpaired) electrons. The summed E-state index contributed by atoms with van der Waals surface area (Å²) in [5, 5.41) is 10.4. The highest BCUT2D eigenvalue weighted by atomic mass is 16.2. The van der Waals surface area contributed by atoms with Gasteiger partial charge in [-0.25, -0.2) is 15.0 Å². The maximum Gasteiger partial charge on any atom is 0.254 e. The zero-order valence-electron chi connectivity index (χ0n) is 14.4. The van der Waals surface area contributed by atoms with E-state index in [-0.39, 0.29) is 17.5 Å². The number of hydrogen-bond donors (Lipinski definition) is 1. The van der Waals surface area contributed by atoms with E-state index in [1.807, 2.05) is 0 Å². The lowest BCUT2D eigenvalue weighted by atomic mass is 10.1. The van der Waals surface area contributed by atoms with Gasteiger partial charge in [0.1, 0.15) is 12.2 Å². The molecule has 1 atom stereocenters. The minimum absolute atomic E-state index is 0.152. The highest BCUT2D eigenvalue weighted by Crippen LogP contribution is 2.24. The quantitative estimate of drug-likeness (QED) is 0.742. The normalized spacial score (nSPS) is 16.2. The number of nitrogens with one attached hydrogen (secondary N) is 1. The lowest BCUT2D eigenvalue weighted by Crippen LogP contribution is -2.34. The van der Waals surface area contributed by atoms with Gasteiger partial charge in [-0.15, -0.1) is 0 Å². The Balaban J connectivity index is 1.72. The van der Waals surface area contributed by atoms with Crippen LogP contribution in [-0.2, 0) is 6.54 Å². The van der Waals surface area contributed by atoms with Crippen LogP contribution in [0.4, 0.5) is 0 Å². The first-order valence-corrected chi connectivity index (χ1v) is 8.68. The number of amides is 1. The molecule has 3 aromatic rings. The lowest BCUT2D eigenvalue weighted by Gasteiger charge is -2.19. The van der Waals surface area contributed by atoms with Gasteiger partial charge in [-0.2, -0.15) is 10.2 Å². The molecular weight excluding hydrogens is 346 g/mol. The number of fused-ring (bicyclic) bond motifs is 1. The van der Waals surface area contributed by atoms with Crippen LogP contribution in [0.1, 0.15) is 41.5 Å². The average Bonchev–Trinajstić information content (AvgIpc) is 2.92. The number of nitrogens with zero attached hydrogens (tertiary/aromatic N) is 6. The van der Waals surface area contributed by atoms with Gasteiger partial charge in [-0.3, -0.25) is 14.2 Å². The Morgan fingerprint density at radius 2 is 2.07 bits per heavy atom. The zero-order valence-corrected chi connectivity index (χ0v) is 14.4. The van der Waals surface area contributed by atoms with Crippen LogP contribution in [0.3, 0.4) is 0 Å². The summed E-state index contributed by atoms with van der Waals surface area (Å²) < 4.78 is 1.63. The highest BCUT2D eigenvalue weighted by Gasteiger charge is 2.24. The average molecular weight is 363 g/mol. The summed E-state index contributed by atoms with van der Waals surface area (Å²) in [6, 6.07) is 4.40. The van der Waals surface area contributed by atoms with Crippen molar-refractivity contribution in [1.29, 1.82) is 0 Å². The van der Waals surface area contributed by atoms with Gasteiger partial charge in [0.15, 0.2) is 0 Å². The van der Waals surface area contributed by atoms with Gasteiger partial charge in [0.25, 0.3) is 11.5 Å². The number of carbonyl (C=O) groups excluding carboxylic acids is 1. The molecule has 136 valence electrons. The van der Waals surface area contributed by atoms with Crippen molar-refractivity contribution in [3.63, 3.8) is 0 Å². The predicted molar refractivity (Wildman–Crippen MR) is 95.6 cm³/mol. The molecule has 9 nitrogen and oxygen atoms in total. The van der Waals surface area contributed by atoms with E-state index in [0.717, 1.165) is 12.8 Å². The molecule has 1 unspecified atom stereocenters. The van der Waals surface area contributed by atoms with E-state index in [4.69, 9.17) is 0 Å². The van der Waals surface area contributed by atoms with E-state index in [1.54, 1.807) is 22.9 Å². The first kappa shape index (κ1) is 17.0. The Hall–Kier alpha value is -3.49. The van der Waals surface area contributed by atoms with Gasteiger partial charge in [-0.1, -0.05) is 0 Å². The molecule has 1 aliphatic rings. The summed E-state index contributed by atoms with van der Waals surface area (Å²) in [7, 11) is 0. The van der Waals surface area contributed by atoms with E-state index in [2.05, 4.69) is 30.5 Å². The van der Waals surface area contributed by atoms with Crippen molar-refractivity contribution < 1.29 is 4.79 Å². The standard InChI is InChI=1S/C18H17N7O2/c26-16-9-15(13-5-6-19-11-20-13)23-17-14(3-1-2-8-25(16)17)24-18(27)12-4-7-21-22-10-12/h4-7,9-11,14H,1-3,8H2,(H,24,27). The van der Waals surface area contributed by atoms with Crippen LogP contribution < -0.4 is 10.9 Å². The van der Waals surface area contributed by atoms with Crippen LogP contribution in [0.2, 0.25) is 0 Å². The van der Waals surface area contributed by atoms with E-state index >= 15 is 0 Å². The van der Waals surface area contributed by atoms with Crippen molar-refractivity contribution in [1.82, 2.24) is 35.0 Å². The predicted octanol–water partition coefficient (Wildman–Crippen LogP) is 1.15. The lowest BCUT2D eigenvalue weighted by molar-refractivity contribution is 0.0931. The minimum atomic E-state index is -0.373. The van der Waals surface area contributed by atoms with Gasteiger partial charge in [0.05, 0.1) is 35.4 Å². The Morgan fingerprint density at radius 1 is 1.15 bits per heavy atom. The van der Waals surface area contributed by atoms with E-state index in [1.165, 1.54) is 24.8 Å². The number of carbonyl (C=O) groups is 1. The van der Waals surface area contributed by atoms with Crippen LogP contribution in [0.25, 0.3) is 11.4 Å². The number of hydrogen-bond acceptors (Lipinski definition) is 7. The molecule has 1 amide bonds. The molecule has 0 bridgehead atoms. The molecule has 9 heteroatoms. The molecule has 0 saturated heterocycles. The molecular formula is C18H17N7O2. The summed E-state index contributed by atoms with van der Waals surface area (Å²) in [5.41, 5.74) is 1.30. The van der Waals surface area contributed by atoms with Crippen molar-refractivity contribution in [2.75, 3.05) is 0 Å². The maximum absolute atomic E-state index is 12.7. The molecule has 4 heterocycles. The van der Waals surface area contributed by atoms with Gasteiger partial charge in [0, 0.05) is 18.8 Å². The highest BCUT2D eigenvalue weighted by molar-refractivity contribution is 5.93. The van der Waals surface area contributed by atoms with Crippen molar-refractivity contribution >= 4 is 5.91 Å². The van der Waals surface area contributed by atoms with Crippen LogP contribution in [0.15, 0.2) is 47.9 Å². The molecule has 0 aromatic carbocycles. The van der Waals surface area contributed by atoms with Crippen LogP contribution in [0, 0.1) is 0 Å². The zero-order chi connectivity index (χ0) is 18.6. The fourth-order valence-electron chi connectivity index (χ4n) is 3.14. The molecule has 1 aliphatic heterocycles. The Morgan fingerprint density at radius 3 is 2.85 bits per heavy atom. The van der Waals surface area contributed by atoms with E-state index in [9.17, 15) is 9.59 Å². The largest absolute Gasteiger partial charge is 0.342 e.